The molecule has 2 unspecified atom stereocenters. The molecule has 11 heavy (non-hydrogen) atoms. The molecule has 0 saturated carbocycles. The zero-order chi connectivity index (χ0) is 8.69. The van der Waals surface area contributed by atoms with Crippen LogP contribution in [0.25, 0.3) is 0 Å². The van der Waals surface area contributed by atoms with Crippen LogP contribution in [0, 0.1) is 18.3 Å². The lowest BCUT2D eigenvalue weighted by atomic mass is 10.0. The highest BCUT2D eigenvalue weighted by atomic mass is 16.5. The summed E-state index contributed by atoms with van der Waals surface area (Å²) in [6.07, 6.45) is 7.73. The predicted octanol–water partition coefficient (Wildman–Crippen LogP) is 2.46. The van der Waals surface area contributed by atoms with E-state index in [9.17, 15) is 0 Å². The smallest absolute Gasteiger partial charge is 0.0547 e. The van der Waals surface area contributed by atoms with Crippen LogP contribution < -0.4 is 0 Å². The third-order valence-electron chi connectivity index (χ3n) is 1.74. The molecule has 64 valence electrons. The highest BCUT2D eigenvalue weighted by Gasteiger charge is 2.03. The molecule has 0 bridgehead atoms. The van der Waals surface area contributed by atoms with Crippen LogP contribution in [0.1, 0.15) is 33.6 Å². The van der Waals surface area contributed by atoms with Gasteiger partial charge in [-0.05, 0) is 26.7 Å². The zero-order valence-electron chi connectivity index (χ0n) is 7.76. The summed E-state index contributed by atoms with van der Waals surface area (Å²) in [5.74, 6) is 3.09. The first-order chi connectivity index (χ1) is 5.20. The summed E-state index contributed by atoms with van der Waals surface area (Å²) in [5, 5.41) is 0. The quantitative estimate of drug-likeness (QED) is 0.553. The molecule has 0 rings (SSSR count). The molecule has 0 amide bonds. The molecule has 0 heterocycles. The predicted molar refractivity (Wildman–Crippen MR) is 48.3 cm³/mol. The average Bonchev–Trinajstić information content (AvgIpc) is 2.01. The maximum atomic E-state index is 5.37. The second kappa shape index (κ2) is 6.24. The molecule has 0 fully saturated rings. The molecule has 0 aromatic heterocycles. The van der Waals surface area contributed by atoms with Gasteiger partial charge in [0, 0.05) is 12.5 Å². The van der Waals surface area contributed by atoms with Crippen molar-refractivity contribution in [3.8, 4) is 12.3 Å². The highest BCUT2D eigenvalue weighted by molar-refractivity contribution is 4.90. The maximum Gasteiger partial charge on any atom is 0.0547 e. The van der Waals surface area contributed by atoms with Gasteiger partial charge in [0.25, 0.3) is 0 Å². The highest BCUT2D eigenvalue weighted by Crippen LogP contribution is 2.08. The summed E-state index contributed by atoms with van der Waals surface area (Å²) in [6, 6.07) is 0. The van der Waals surface area contributed by atoms with Crippen molar-refractivity contribution in [2.24, 2.45) is 5.92 Å². The second-order valence-corrected chi connectivity index (χ2v) is 2.91. The Labute approximate surface area is 70.1 Å². The van der Waals surface area contributed by atoms with E-state index in [2.05, 4.69) is 19.8 Å². The molecule has 0 spiro atoms. The average molecular weight is 154 g/mol. The van der Waals surface area contributed by atoms with Crippen LogP contribution in [0.15, 0.2) is 0 Å². The van der Waals surface area contributed by atoms with Crippen LogP contribution in [0.2, 0.25) is 0 Å². The fourth-order valence-electron chi connectivity index (χ4n) is 0.936. The van der Waals surface area contributed by atoms with Crippen molar-refractivity contribution < 1.29 is 4.74 Å². The van der Waals surface area contributed by atoms with Crippen molar-refractivity contribution >= 4 is 0 Å². The van der Waals surface area contributed by atoms with Crippen LogP contribution in [0.4, 0.5) is 0 Å². The molecule has 0 saturated heterocycles. The Hall–Kier alpha value is -0.480. The van der Waals surface area contributed by atoms with Gasteiger partial charge in [-0.1, -0.05) is 6.92 Å². The van der Waals surface area contributed by atoms with Crippen molar-refractivity contribution in [3.63, 3.8) is 0 Å². The molecule has 2 atom stereocenters. The van der Waals surface area contributed by atoms with E-state index in [0.29, 0.717) is 12.0 Å². The number of terminal acetylenes is 1. The minimum Gasteiger partial charge on any atom is -0.379 e. The maximum absolute atomic E-state index is 5.37. The van der Waals surface area contributed by atoms with E-state index in [1.807, 2.05) is 6.92 Å². The summed E-state index contributed by atoms with van der Waals surface area (Å²) in [6.45, 7) is 6.97. The van der Waals surface area contributed by atoms with Gasteiger partial charge >= 0.3 is 0 Å². The number of rotatable bonds is 5. The lowest BCUT2D eigenvalue weighted by molar-refractivity contribution is 0.0673. The molecular formula is C10H18O. The van der Waals surface area contributed by atoms with Crippen molar-refractivity contribution in [1.29, 1.82) is 0 Å². The largest absolute Gasteiger partial charge is 0.379 e. The van der Waals surface area contributed by atoms with Gasteiger partial charge in [0.05, 0.1) is 6.10 Å². The van der Waals surface area contributed by atoms with E-state index >= 15 is 0 Å². The molecule has 1 nitrogen and oxygen atoms in total. The number of ether oxygens (including phenoxy) is 1. The number of hydrogen-bond donors (Lipinski definition) is 0. The van der Waals surface area contributed by atoms with Gasteiger partial charge in [0.1, 0.15) is 0 Å². The van der Waals surface area contributed by atoms with Crippen molar-refractivity contribution in [2.45, 2.75) is 39.7 Å². The molecule has 0 radical (unpaired) electrons. The third kappa shape index (κ3) is 5.94. The molecule has 0 N–H and O–H groups in total. The van der Waals surface area contributed by atoms with Gasteiger partial charge in [-0.3, -0.25) is 0 Å². The third-order valence-corrected chi connectivity index (χ3v) is 1.74. The summed E-state index contributed by atoms with van der Waals surface area (Å²) >= 11 is 0. The van der Waals surface area contributed by atoms with Gasteiger partial charge in [-0.25, -0.2) is 0 Å². The van der Waals surface area contributed by atoms with E-state index in [4.69, 9.17) is 11.2 Å². The van der Waals surface area contributed by atoms with Gasteiger partial charge in [0.2, 0.25) is 0 Å². The molecular weight excluding hydrogens is 136 g/mol. The fourth-order valence-corrected chi connectivity index (χ4v) is 0.936. The Kier molecular flexibility index (Phi) is 5.97. The first kappa shape index (κ1) is 10.5. The second-order valence-electron chi connectivity index (χ2n) is 2.91. The van der Waals surface area contributed by atoms with E-state index in [1.165, 1.54) is 0 Å². The van der Waals surface area contributed by atoms with Crippen molar-refractivity contribution in [2.75, 3.05) is 6.61 Å². The van der Waals surface area contributed by atoms with Gasteiger partial charge in [-0.2, -0.15) is 0 Å². The van der Waals surface area contributed by atoms with Gasteiger partial charge in [-0.15, -0.1) is 12.3 Å². The minimum absolute atomic E-state index is 0.357. The van der Waals surface area contributed by atoms with Crippen LogP contribution in [-0.4, -0.2) is 12.7 Å². The van der Waals surface area contributed by atoms with Crippen molar-refractivity contribution in [3.05, 3.63) is 0 Å². The molecule has 1 heteroatoms. The SMILES string of the molecule is C#CC(C)CCC(C)OCC. The van der Waals surface area contributed by atoms with Crippen LogP contribution in [0.3, 0.4) is 0 Å². The van der Waals surface area contributed by atoms with Crippen LogP contribution in [-0.2, 0) is 4.74 Å². The van der Waals surface area contributed by atoms with E-state index in [1.54, 1.807) is 0 Å². The first-order valence-electron chi connectivity index (χ1n) is 4.28. The van der Waals surface area contributed by atoms with E-state index in [0.717, 1.165) is 19.4 Å². The van der Waals surface area contributed by atoms with Gasteiger partial charge in [0.15, 0.2) is 0 Å². The van der Waals surface area contributed by atoms with E-state index < -0.39 is 0 Å². The molecule has 0 aliphatic heterocycles. The van der Waals surface area contributed by atoms with Crippen molar-refractivity contribution in [1.82, 2.24) is 0 Å². The zero-order valence-corrected chi connectivity index (χ0v) is 7.76. The number of hydrogen-bond acceptors (Lipinski definition) is 1. The summed E-state index contributed by atoms with van der Waals surface area (Å²) in [5.41, 5.74) is 0. The van der Waals surface area contributed by atoms with Crippen LogP contribution in [0.5, 0.6) is 0 Å². The Morgan fingerprint density at radius 1 is 1.36 bits per heavy atom. The first-order valence-corrected chi connectivity index (χ1v) is 4.28. The molecule has 0 aliphatic rings. The summed E-state index contributed by atoms with van der Waals surface area (Å²) < 4.78 is 5.37. The monoisotopic (exact) mass is 154 g/mol. The lowest BCUT2D eigenvalue weighted by Crippen LogP contribution is -2.08. The fraction of sp³-hybridized carbons (Fsp3) is 0.800. The molecule has 0 aliphatic carbocycles. The summed E-state index contributed by atoms with van der Waals surface area (Å²) in [4.78, 5) is 0. The van der Waals surface area contributed by atoms with Gasteiger partial charge < -0.3 is 4.74 Å². The summed E-state index contributed by atoms with van der Waals surface area (Å²) in [7, 11) is 0. The van der Waals surface area contributed by atoms with Crippen LogP contribution >= 0.6 is 0 Å². The standard InChI is InChI=1S/C10H18O/c1-5-9(3)7-8-10(4)11-6-2/h1,9-10H,6-8H2,2-4H3. The Morgan fingerprint density at radius 3 is 2.45 bits per heavy atom. The normalized spacial score (nSPS) is 15.5. The Bertz CT molecular complexity index is 123. The topological polar surface area (TPSA) is 9.23 Å². The lowest BCUT2D eigenvalue weighted by Gasteiger charge is -2.11. The molecule has 0 aromatic carbocycles. The Balaban J connectivity index is 3.31. The van der Waals surface area contributed by atoms with E-state index in [-0.39, 0.29) is 0 Å². The minimum atomic E-state index is 0.357. The Morgan fingerprint density at radius 2 is 2.00 bits per heavy atom. The molecule has 0 aromatic rings.